The number of amides is 1. The number of carbonyl (C=O) groups is 1. The number of rotatable bonds is 2. The highest BCUT2D eigenvalue weighted by Crippen LogP contribution is 2.28. The summed E-state index contributed by atoms with van der Waals surface area (Å²) in [4.78, 5) is 14.0. The molecule has 3 aliphatic rings. The smallest absolute Gasteiger partial charge is 0.220 e. The monoisotopic (exact) mass is 238 g/mol. The third kappa shape index (κ3) is 2.47. The maximum atomic E-state index is 11.4. The molecule has 1 N–H and O–H groups in total. The van der Waals surface area contributed by atoms with E-state index in [0.717, 1.165) is 38.5 Å². The van der Waals surface area contributed by atoms with Crippen molar-refractivity contribution in [3.05, 3.63) is 0 Å². The van der Waals surface area contributed by atoms with Crippen LogP contribution in [0, 0.1) is 5.92 Å². The first-order valence-electron chi connectivity index (χ1n) is 6.94. The molecule has 0 spiro atoms. The summed E-state index contributed by atoms with van der Waals surface area (Å²) >= 11 is 0. The molecule has 3 fully saturated rings. The summed E-state index contributed by atoms with van der Waals surface area (Å²) in [6.07, 6.45) is 5.32. The summed E-state index contributed by atoms with van der Waals surface area (Å²) in [7, 11) is 0. The Kier molecular flexibility index (Phi) is 3.34. The fourth-order valence-electron chi connectivity index (χ4n) is 3.51. The van der Waals surface area contributed by atoms with Crippen molar-refractivity contribution in [1.29, 1.82) is 0 Å². The van der Waals surface area contributed by atoms with Crippen LogP contribution in [0.4, 0.5) is 0 Å². The first kappa shape index (κ1) is 11.5. The maximum absolute atomic E-state index is 11.4. The minimum atomic E-state index is 0.249. The zero-order chi connectivity index (χ0) is 11.7. The van der Waals surface area contributed by atoms with Crippen molar-refractivity contribution in [1.82, 2.24) is 10.2 Å². The van der Waals surface area contributed by atoms with Crippen LogP contribution in [-0.2, 0) is 9.53 Å². The van der Waals surface area contributed by atoms with Crippen molar-refractivity contribution in [3.8, 4) is 0 Å². The zero-order valence-corrected chi connectivity index (χ0v) is 10.4. The third-order valence-electron chi connectivity index (χ3n) is 4.51. The van der Waals surface area contributed by atoms with Gasteiger partial charge in [-0.3, -0.25) is 9.69 Å². The predicted octanol–water partition coefficient (Wildman–Crippen LogP) is 0.766. The largest absolute Gasteiger partial charge is 0.381 e. The van der Waals surface area contributed by atoms with Gasteiger partial charge in [0, 0.05) is 44.8 Å². The van der Waals surface area contributed by atoms with Crippen LogP contribution in [-0.4, -0.2) is 49.2 Å². The van der Waals surface area contributed by atoms with Gasteiger partial charge in [0.05, 0.1) is 0 Å². The molecule has 0 aromatic carbocycles. The lowest BCUT2D eigenvalue weighted by atomic mass is 9.96. The number of hydrogen-bond acceptors (Lipinski definition) is 3. The van der Waals surface area contributed by atoms with E-state index in [4.69, 9.17) is 4.74 Å². The molecule has 3 rings (SSSR count). The summed E-state index contributed by atoms with van der Waals surface area (Å²) in [5.41, 5.74) is 0. The summed E-state index contributed by atoms with van der Waals surface area (Å²) in [6.45, 7) is 4.24. The van der Waals surface area contributed by atoms with E-state index in [0.29, 0.717) is 18.5 Å². The van der Waals surface area contributed by atoms with E-state index in [1.807, 2.05) is 0 Å². The highest BCUT2D eigenvalue weighted by atomic mass is 16.5. The molecule has 1 amide bonds. The molecular formula is C13H22N2O2. The van der Waals surface area contributed by atoms with Crippen LogP contribution in [0.25, 0.3) is 0 Å². The molecule has 4 heteroatoms. The first-order chi connectivity index (χ1) is 8.33. The Bertz CT molecular complexity index is 289. The van der Waals surface area contributed by atoms with E-state index >= 15 is 0 Å². The van der Waals surface area contributed by atoms with Crippen LogP contribution in [0.5, 0.6) is 0 Å². The molecule has 0 bridgehead atoms. The second-order valence-corrected chi connectivity index (χ2v) is 5.62. The molecule has 0 unspecified atom stereocenters. The SMILES string of the molecule is O=C1CC[C@@H]2[C@H](CCN2CC2CCOCC2)N1. The van der Waals surface area contributed by atoms with Gasteiger partial charge in [-0.15, -0.1) is 0 Å². The lowest BCUT2D eigenvalue weighted by molar-refractivity contribution is -0.124. The maximum Gasteiger partial charge on any atom is 0.220 e. The fourth-order valence-corrected chi connectivity index (χ4v) is 3.51. The van der Waals surface area contributed by atoms with Crippen LogP contribution in [0.15, 0.2) is 0 Å². The summed E-state index contributed by atoms with van der Waals surface area (Å²) in [5, 5.41) is 3.14. The second kappa shape index (κ2) is 4.94. The van der Waals surface area contributed by atoms with Crippen molar-refractivity contribution in [2.75, 3.05) is 26.3 Å². The van der Waals surface area contributed by atoms with E-state index in [1.54, 1.807) is 0 Å². The van der Waals surface area contributed by atoms with Gasteiger partial charge < -0.3 is 10.1 Å². The van der Waals surface area contributed by atoms with Crippen molar-refractivity contribution >= 4 is 5.91 Å². The van der Waals surface area contributed by atoms with Crippen molar-refractivity contribution in [2.24, 2.45) is 5.92 Å². The van der Waals surface area contributed by atoms with E-state index in [-0.39, 0.29) is 5.91 Å². The van der Waals surface area contributed by atoms with Crippen LogP contribution < -0.4 is 5.32 Å². The molecule has 3 saturated heterocycles. The number of ether oxygens (including phenoxy) is 1. The summed E-state index contributed by atoms with van der Waals surface area (Å²) < 4.78 is 5.41. The van der Waals surface area contributed by atoms with E-state index in [9.17, 15) is 4.79 Å². The van der Waals surface area contributed by atoms with Gasteiger partial charge in [-0.25, -0.2) is 0 Å². The van der Waals surface area contributed by atoms with Gasteiger partial charge in [0.1, 0.15) is 0 Å². The standard InChI is InChI=1S/C13H22N2O2/c16-13-2-1-12-11(14-13)3-6-15(12)9-10-4-7-17-8-5-10/h10-12H,1-9H2,(H,14,16)/t11-,12+/m0/s1. The average molecular weight is 238 g/mol. The average Bonchev–Trinajstić information content (AvgIpc) is 2.73. The lowest BCUT2D eigenvalue weighted by Gasteiger charge is -2.35. The molecule has 0 radical (unpaired) electrons. The summed E-state index contributed by atoms with van der Waals surface area (Å²) in [5.74, 6) is 1.05. The van der Waals surface area contributed by atoms with Crippen LogP contribution in [0.1, 0.15) is 32.1 Å². The van der Waals surface area contributed by atoms with Crippen LogP contribution in [0.3, 0.4) is 0 Å². The quantitative estimate of drug-likeness (QED) is 0.772. The zero-order valence-electron chi connectivity index (χ0n) is 10.4. The predicted molar refractivity (Wildman–Crippen MR) is 64.7 cm³/mol. The van der Waals surface area contributed by atoms with E-state index in [1.165, 1.54) is 19.4 Å². The normalized spacial score (nSPS) is 35.6. The van der Waals surface area contributed by atoms with Gasteiger partial charge in [0.25, 0.3) is 0 Å². The number of carbonyl (C=O) groups excluding carboxylic acids is 1. The molecule has 0 saturated carbocycles. The third-order valence-corrected chi connectivity index (χ3v) is 4.51. The molecule has 2 atom stereocenters. The summed E-state index contributed by atoms with van der Waals surface area (Å²) in [6, 6.07) is 1.03. The number of hydrogen-bond donors (Lipinski definition) is 1. The number of nitrogens with one attached hydrogen (secondary N) is 1. The van der Waals surface area contributed by atoms with Crippen LogP contribution >= 0.6 is 0 Å². The Morgan fingerprint density at radius 3 is 2.88 bits per heavy atom. The van der Waals surface area contributed by atoms with Gasteiger partial charge in [-0.2, -0.15) is 0 Å². The van der Waals surface area contributed by atoms with E-state index < -0.39 is 0 Å². The molecule has 3 heterocycles. The van der Waals surface area contributed by atoms with Crippen molar-refractivity contribution < 1.29 is 9.53 Å². The molecule has 4 nitrogen and oxygen atoms in total. The molecule has 17 heavy (non-hydrogen) atoms. The molecule has 0 aromatic heterocycles. The highest BCUT2D eigenvalue weighted by Gasteiger charge is 2.38. The number of fused-ring (bicyclic) bond motifs is 1. The minimum absolute atomic E-state index is 0.249. The molecule has 0 aliphatic carbocycles. The van der Waals surface area contributed by atoms with Gasteiger partial charge in [-0.1, -0.05) is 0 Å². The number of nitrogens with zero attached hydrogens (tertiary/aromatic N) is 1. The van der Waals surface area contributed by atoms with Gasteiger partial charge in [0.15, 0.2) is 0 Å². The van der Waals surface area contributed by atoms with Gasteiger partial charge in [0.2, 0.25) is 5.91 Å². The first-order valence-corrected chi connectivity index (χ1v) is 6.94. The topological polar surface area (TPSA) is 41.6 Å². The molecule has 96 valence electrons. The number of likely N-dealkylation sites (tertiary alicyclic amines) is 1. The number of piperidine rings is 1. The van der Waals surface area contributed by atoms with Crippen molar-refractivity contribution in [3.63, 3.8) is 0 Å². The van der Waals surface area contributed by atoms with Crippen molar-refractivity contribution in [2.45, 2.75) is 44.2 Å². The van der Waals surface area contributed by atoms with Crippen LogP contribution in [0.2, 0.25) is 0 Å². The Morgan fingerprint density at radius 1 is 1.24 bits per heavy atom. The van der Waals surface area contributed by atoms with Gasteiger partial charge >= 0.3 is 0 Å². The molecule has 3 aliphatic heterocycles. The van der Waals surface area contributed by atoms with Gasteiger partial charge in [-0.05, 0) is 31.6 Å². The Labute approximate surface area is 103 Å². The highest BCUT2D eigenvalue weighted by molar-refractivity contribution is 5.77. The van der Waals surface area contributed by atoms with E-state index in [2.05, 4.69) is 10.2 Å². The lowest BCUT2D eigenvalue weighted by Crippen LogP contribution is -2.50. The Balaban J connectivity index is 1.55. The Morgan fingerprint density at radius 2 is 2.06 bits per heavy atom. The molecular weight excluding hydrogens is 216 g/mol. The minimum Gasteiger partial charge on any atom is -0.381 e. The molecule has 0 aromatic rings. The Hall–Kier alpha value is -0.610. The second-order valence-electron chi connectivity index (χ2n) is 5.62. The fraction of sp³-hybridized carbons (Fsp3) is 0.923.